The first-order chi connectivity index (χ1) is 6.27. The van der Waals surface area contributed by atoms with Crippen LogP contribution in [0.2, 0.25) is 0 Å². The fraction of sp³-hybridized carbons (Fsp3) is 0.429. The van der Waals surface area contributed by atoms with Crippen molar-refractivity contribution in [2.75, 3.05) is 12.9 Å². The lowest BCUT2D eigenvalue weighted by Crippen LogP contribution is -2.07. The highest BCUT2D eigenvalue weighted by Crippen LogP contribution is 2.32. The summed E-state index contributed by atoms with van der Waals surface area (Å²) in [4.78, 5) is 14.6. The van der Waals surface area contributed by atoms with Gasteiger partial charge >= 0.3 is 6.16 Å². The van der Waals surface area contributed by atoms with Crippen molar-refractivity contribution in [2.24, 2.45) is 0 Å². The van der Waals surface area contributed by atoms with Crippen molar-refractivity contribution in [3.63, 3.8) is 0 Å². The molecule has 0 saturated carbocycles. The number of hydrogen-bond donors (Lipinski definition) is 0. The Morgan fingerprint density at radius 1 is 1.77 bits per heavy atom. The van der Waals surface area contributed by atoms with Gasteiger partial charge in [0.2, 0.25) is 0 Å². The molecule has 0 bridgehead atoms. The molecule has 0 aliphatic carbocycles. The minimum Gasteiger partial charge on any atom is -0.437 e. The second-order valence-electron chi connectivity index (χ2n) is 1.93. The molecule has 0 N–H and O–H groups in total. The van der Waals surface area contributed by atoms with Crippen molar-refractivity contribution in [3.05, 3.63) is 5.51 Å². The highest BCUT2D eigenvalue weighted by Gasteiger charge is 2.11. The number of thiazole rings is 1. The van der Waals surface area contributed by atoms with E-state index in [2.05, 4.69) is 9.72 Å². The number of ether oxygens (including phenoxy) is 2. The molecule has 1 aromatic rings. The van der Waals surface area contributed by atoms with Crippen LogP contribution >= 0.6 is 23.1 Å². The summed E-state index contributed by atoms with van der Waals surface area (Å²) in [6.07, 6.45) is -0.733. The maximum absolute atomic E-state index is 10.7. The zero-order valence-corrected chi connectivity index (χ0v) is 8.91. The Hall–Kier alpha value is -0.750. The van der Waals surface area contributed by atoms with Gasteiger partial charge in [-0.05, 0) is 5.75 Å². The molecule has 1 rings (SSSR count). The number of carbonyl (C=O) groups excluding carboxylic acids is 1. The molecule has 0 fully saturated rings. The highest BCUT2D eigenvalue weighted by atomic mass is 32.2. The lowest BCUT2D eigenvalue weighted by Gasteiger charge is -2.00. The van der Waals surface area contributed by atoms with Crippen molar-refractivity contribution in [1.29, 1.82) is 0 Å². The van der Waals surface area contributed by atoms with Crippen LogP contribution in [-0.2, 0) is 4.74 Å². The third-order valence-electron chi connectivity index (χ3n) is 1.13. The Kier molecular flexibility index (Phi) is 4.04. The quantitative estimate of drug-likeness (QED) is 0.577. The van der Waals surface area contributed by atoms with Gasteiger partial charge in [-0.1, -0.05) is 6.92 Å². The van der Waals surface area contributed by atoms with E-state index in [0.717, 1.165) is 9.96 Å². The Bertz CT molecular complexity index is 287. The van der Waals surface area contributed by atoms with E-state index >= 15 is 0 Å². The number of thioether (sulfide) groups is 1. The first-order valence-corrected chi connectivity index (χ1v) is 5.46. The molecule has 0 unspecified atom stereocenters. The molecular weight excluding hydrogens is 210 g/mol. The van der Waals surface area contributed by atoms with Gasteiger partial charge in [-0.15, -0.1) is 23.1 Å². The fourth-order valence-electron chi connectivity index (χ4n) is 0.641. The van der Waals surface area contributed by atoms with Crippen LogP contribution in [0.1, 0.15) is 6.92 Å². The molecule has 0 amide bonds. The second-order valence-corrected chi connectivity index (χ2v) is 4.32. The number of methoxy groups -OCH3 is 1. The molecule has 0 atom stereocenters. The van der Waals surface area contributed by atoms with Gasteiger partial charge in [0.15, 0.2) is 0 Å². The number of rotatable bonds is 3. The first kappa shape index (κ1) is 10.3. The van der Waals surface area contributed by atoms with E-state index in [-0.39, 0.29) is 0 Å². The average Bonchev–Trinajstić information content (AvgIpc) is 2.54. The number of nitrogens with zero attached hydrogens (tertiary/aromatic N) is 1. The van der Waals surface area contributed by atoms with Crippen LogP contribution in [0.5, 0.6) is 5.88 Å². The molecule has 0 spiro atoms. The van der Waals surface area contributed by atoms with Crippen molar-refractivity contribution in [3.8, 4) is 5.88 Å². The van der Waals surface area contributed by atoms with Gasteiger partial charge in [0.05, 0.1) is 12.6 Å². The van der Waals surface area contributed by atoms with E-state index in [9.17, 15) is 4.79 Å². The van der Waals surface area contributed by atoms with E-state index in [1.807, 2.05) is 6.92 Å². The minimum absolute atomic E-state index is 0.337. The SMILES string of the molecule is CCSc1scnc1OC(=O)OC. The number of carbonyl (C=O) groups is 1. The smallest absolute Gasteiger partial charge is 0.437 e. The zero-order chi connectivity index (χ0) is 9.68. The van der Waals surface area contributed by atoms with Crippen molar-refractivity contribution in [2.45, 2.75) is 11.1 Å². The van der Waals surface area contributed by atoms with Crippen LogP contribution < -0.4 is 4.74 Å². The largest absolute Gasteiger partial charge is 0.514 e. The molecule has 0 aromatic carbocycles. The lowest BCUT2D eigenvalue weighted by atomic mass is 10.9. The average molecular weight is 219 g/mol. The maximum atomic E-state index is 10.7. The molecule has 1 aromatic heterocycles. The predicted molar refractivity (Wildman–Crippen MR) is 51.5 cm³/mol. The monoisotopic (exact) mass is 219 g/mol. The third kappa shape index (κ3) is 2.89. The van der Waals surface area contributed by atoms with E-state index in [1.54, 1.807) is 17.3 Å². The summed E-state index contributed by atoms with van der Waals surface area (Å²) in [5, 5.41) is 0. The first-order valence-electron chi connectivity index (χ1n) is 3.60. The topological polar surface area (TPSA) is 48.4 Å². The van der Waals surface area contributed by atoms with E-state index in [1.165, 1.54) is 18.4 Å². The summed E-state index contributed by atoms with van der Waals surface area (Å²) in [7, 11) is 1.27. The maximum Gasteiger partial charge on any atom is 0.514 e. The number of aromatic nitrogens is 1. The van der Waals surface area contributed by atoms with Gasteiger partial charge in [0.25, 0.3) is 5.88 Å². The van der Waals surface area contributed by atoms with Gasteiger partial charge in [0, 0.05) is 0 Å². The van der Waals surface area contributed by atoms with E-state index in [4.69, 9.17) is 4.74 Å². The molecule has 0 aliphatic heterocycles. The summed E-state index contributed by atoms with van der Waals surface area (Å²) in [5.74, 6) is 1.25. The van der Waals surface area contributed by atoms with Gasteiger partial charge in [0.1, 0.15) is 4.21 Å². The molecule has 13 heavy (non-hydrogen) atoms. The van der Waals surface area contributed by atoms with E-state index < -0.39 is 6.16 Å². The van der Waals surface area contributed by atoms with Crippen LogP contribution in [-0.4, -0.2) is 24.0 Å². The van der Waals surface area contributed by atoms with Gasteiger partial charge in [-0.3, -0.25) is 0 Å². The van der Waals surface area contributed by atoms with E-state index in [0.29, 0.717) is 5.88 Å². The van der Waals surface area contributed by atoms with Crippen molar-refractivity contribution < 1.29 is 14.3 Å². The van der Waals surface area contributed by atoms with Gasteiger partial charge < -0.3 is 9.47 Å². The predicted octanol–water partition coefficient (Wildman–Crippen LogP) is 2.40. The Morgan fingerprint density at radius 2 is 2.54 bits per heavy atom. The lowest BCUT2D eigenvalue weighted by molar-refractivity contribution is 0.119. The van der Waals surface area contributed by atoms with Crippen molar-refractivity contribution >= 4 is 29.3 Å². The minimum atomic E-state index is -0.733. The Morgan fingerprint density at radius 3 is 3.15 bits per heavy atom. The normalized spacial score (nSPS) is 9.69. The highest BCUT2D eigenvalue weighted by molar-refractivity contribution is 8.01. The summed E-state index contributed by atoms with van der Waals surface area (Å²) >= 11 is 3.03. The zero-order valence-electron chi connectivity index (χ0n) is 7.27. The van der Waals surface area contributed by atoms with Gasteiger partial charge in [-0.25, -0.2) is 9.78 Å². The summed E-state index contributed by atoms with van der Waals surface area (Å²) < 4.78 is 10.1. The van der Waals surface area contributed by atoms with Crippen molar-refractivity contribution in [1.82, 2.24) is 4.98 Å². The molecule has 0 aliphatic rings. The Labute approximate surface area is 84.3 Å². The van der Waals surface area contributed by atoms with Crippen LogP contribution in [0.15, 0.2) is 9.72 Å². The Balaban J connectivity index is 2.64. The molecule has 0 saturated heterocycles. The molecule has 72 valence electrons. The molecule has 6 heteroatoms. The third-order valence-corrected chi connectivity index (χ3v) is 3.09. The van der Waals surface area contributed by atoms with Crippen LogP contribution in [0.4, 0.5) is 4.79 Å². The van der Waals surface area contributed by atoms with Crippen LogP contribution in [0.3, 0.4) is 0 Å². The van der Waals surface area contributed by atoms with Crippen LogP contribution in [0.25, 0.3) is 0 Å². The molecule has 1 heterocycles. The number of hydrogen-bond acceptors (Lipinski definition) is 6. The summed E-state index contributed by atoms with van der Waals surface area (Å²) in [5.41, 5.74) is 1.64. The van der Waals surface area contributed by atoms with Gasteiger partial charge in [-0.2, -0.15) is 0 Å². The van der Waals surface area contributed by atoms with Crippen LogP contribution in [0, 0.1) is 0 Å². The second kappa shape index (κ2) is 5.08. The standard InChI is InChI=1S/C7H9NO3S2/c1-3-12-6-5(8-4-13-6)11-7(9)10-2/h4H,3H2,1-2H3. The summed E-state index contributed by atoms with van der Waals surface area (Å²) in [6.45, 7) is 2.02. The molecule has 0 radical (unpaired) electrons. The fourth-order valence-corrected chi connectivity index (χ4v) is 2.31. The summed E-state index contributed by atoms with van der Waals surface area (Å²) in [6, 6.07) is 0. The molecule has 4 nitrogen and oxygen atoms in total. The molecular formula is C7H9NO3S2.